The third kappa shape index (κ3) is 2.70. The highest BCUT2D eigenvalue weighted by Crippen LogP contribution is 2.46. The fourth-order valence-corrected chi connectivity index (χ4v) is 5.02. The monoisotopic (exact) mass is 353 g/mol. The number of nitrogens with one attached hydrogen (secondary N) is 1. The molecule has 1 atom stereocenters. The first kappa shape index (κ1) is 15.9. The van der Waals surface area contributed by atoms with Crippen LogP contribution in [-0.4, -0.2) is 15.0 Å². The van der Waals surface area contributed by atoms with Gasteiger partial charge in [0.15, 0.2) is 0 Å². The Balaban J connectivity index is 1.49. The second-order valence-corrected chi connectivity index (χ2v) is 7.89. The van der Waals surface area contributed by atoms with Crippen LogP contribution in [0.3, 0.4) is 0 Å². The minimum atomic E-state index is -0.390. The molecular formula is C21H21F2N3. The number of H-pyrrole nitrogens is 1. The molecule has 3 fully saturated rings. The van der Waals surface area contributed by atoms with Gasteiger partial charge < -0.3 is 4.98 Å². The lowest BCUT2D eigenvalue weighted by Crippen LogP contribution is -2.32. The molecule has 3 aliphatic rings. The summed E-state index contributed by atoms with van der Waals surface area (Å²) in [6.45, 7) is 0. The van der Waals surface area contributed by atoms with E-state index >= 15 is 0 Å². The van der Waals surface area contributed by atoms with Gasteiger partial charge in [-0.2, -0.15) is 0 Å². The molecule has 26 heavy (non-hydrogen) atoms. The Hall–Kier alpha value is -2.30. The zero-order chi connectivity index (χ0) is 17.7. The second kappa shape index (κ2) is 6.15. The smallest absolute Gasteiger partial charge is 0.144 e. The van der Waals surface area contributed by atoms with Gasteiger partial charge in [-0.25, -0.2) is 13.8 Å². The van der Waals surface area contributed by atoms with Crippen molar-refractivity contribution in [3.05, 3.63) is 47.9 Å². The van der Waals surface area contributed by atoms with E-state index in [0.717, 1.165) is 29.4 Å². The highest BCUT2D eigenvalue weighted by molar-refractivity contribution is 5.92. The Bertz CT molecular complexity index is 957. The van der Waals surface area contributed by atoms with Crippen LogP contribution in [0.25, 0.3) is 22.3 Å². The molecule has 2 bridgehead atoms. The average Bonchev–Trinajstić information content (AvgIpc) is 3.07. The SMILES string of the molecule is Fc1cnc2[nH]cc(-c3cc(C[C@@H]4CC5CCC4CC5)c(F)cn3)c2c1. The van der Waals surface area contributed by atoms with E-state index in [1.807, 2.05) is 6.07 Å². The molecule has 0 spiro atoms. The summed E-state index contributed by atoms with van der Waals surface area (Å²) in [5, 5.41) is 0.673. The third-order valence-electron chi connectivity index (χ3n) is 6.38. The quantitative estimate of drug-likeness (QED) is 0.697. The zero-order valence-corrected chi connectivity index (χ0v) is 14.5. The first-order valence-corrected chi connectivity index (χ1v) is 9.45. The summed E-state index contributed by atoms with van der Waals surface area (Å²) in [4.78, 5) is 11.4. The topological polar surface area (TPSA) is 41.6 Å². The van der Waals surface area contributed by atoms with Crippen LogP contribution in [0.2, 0.25) is 0 Å². The molecule has 0 amide bonds. The first-order chi connectivity index (χ1) is 12.7. The number of hydrogen-bond donors (Lipinski definition) is 1. The number of aromatic nitrogens is 3. The molecule has 0 unspecified atom stereocenters. The zero-order valence-electron chi connectivity index (χ0n) is 14.5. The van der Waals surface area contributed by atoms with E-state index in [4.69, 9.17) is 0 Å². The van der Waals surface area contributed by atoms with Crippen LogP contribution in [0, 0.1) is 29.4 Å². The summed E-state index contributed by atoms with van der Waals surface area (Å²) >= 11 is 0. The van der Waals surface area contributed by atoms with Crippen LogP contribution in [0.4, 0.5) is 8.78 Å². The molecule has 6 rings (SSSR count). The standard InChI is InChI=1S/C21H21F2N3/c22-16-8-17-18(10-26-21(17)25-9-16)20-7-15(19(23)11-24-20)6-14-5-12-1-3-13(14)4-2-12/h7-14H,1-6H2,(H,25,26)/t12?,13?,14-/m0/s1. The molecule has 0 radical (unpaired) electrons. The lowest BCUT2D eigenvalue weighted by Gasteiger charge is -2.42. The van der Waals surface area contributed by atoms with Crippen molar-refractivity contribution in [1.29, 1.82) is 0 Å². The predicted molar refractivity (Wildman–Crippen MR) is 96.5 cm³/mol. The minimum Gasteiger partial charge on any atom is -0.345 e. The summed E-state index contributed by atoms with van der Waals surface area (Å²) in [5.74, 6) is 1.52. The Morgan fingerprint density at radius 3 is 2.65 bits per heavy atom. The number of fused-ring (bicyclic) bond motifs is 4. The molecule has 3 saturated carbocycles. The summed E-state index contributed by atoms with van der Waals surface area (Å²) in [7, 11) is 0. The van der Waals surface area contributed by atoms with E-state index in [2.05, 4.69) is 15.0 Å². The van der Waals surface area contributed by atoms with Gasteiger partial charge in [-0.15, -0.1) is 0 Å². The van der Waals surface area contributed by atoms with Crippen LogP contribution < -0.4 is 0 Å². The number of hydrogen-bond acceptors (Lipinski definition) is 2. The van der Waals surface area contributed by atoms with Gasteiger partial charge in [0.1, 0.15) is 17.3 Å². The van der Waals surface area contributed by atoms with E-state index < -0.39 is 0 Å². The maximum Gasteiger partial charge on any atom is 0.144 e. The molecular weight excluding hydrogens is 332 g/mol. The Morgan fingerprint density at radius 1 is 1.04 bits per heavy atom. The molecule has 3 heterocycles. The highest BCUT2D eigenvalue weighted by Gasteiger charge is 2.35. The Morgan fingerprint density at radius 2 is 1.88 bits per heavy atom. The fraction of sp³-hybridized carbons (Fsp3) is 0.429. The third-order valence-corrected chi connectivity index (χ3v) is 6.38. The van der Waals surface area contributed by atoms with E-state index in [9.17, 15) is 8.78 Å². The van der Waals surface area contributed by atoms with Gasteiger partial charge in [0, 0.05) is 17.1 Å². The minimum absolute atomic E-state index is 0.237. The average molecular weight is 353 g/mol. The molecule has 0 saturated heterocycles. The van der Waals surface area contributed by atoms with Crippen LogP contribution in [0.5, 0.6) is 0 Å². The van der Waals surface area contributed by atoms with Gasteiger partial charge in [-0.1, -0.05) is 12.8 Å². The summed E-state index contributed by atoms with van der Waals surface area (Å²) in [6.07, 6.45) is 11.5. The number of aromatic amines is 1. The summed E-state index contributed by atoms with van der Waals surface area (Å²) < 4.78 is 28.0. The van der Waals surface area contributed by atoms with E-state index in [0.29, 0.717) is 22.6 Å². The van der Waals surface area contributed by atoms with Crippen molar-refractivity contribution in [3.8, 4) is 11.3 Å². The Kier molecular flexibility index (Phi) is 3.76. The van der Waals surface area contributed by atoms with Crippen LogP contribution in [-0.2, 0) is 6.42 Å². The van der Waals surface area contributed by atoms with Crippen molar-refractivity contribution in [3.63, 3.8) is 0 Å². The van der Waals surface area contributed by atoms with Crippen molar-refractivity contribution in [1.82, 2.24) is 15.0 Å². The van der Waals surface area contributed by atoms with Crippen LogP contribution in [0.1, 0.15) is 37.7 Å². The predicted octanol–water partition coefficient (Wildman–Crippen LogP) is 5.27. The maximum absolute atomic E-state index is 14.4. The van der Waals surface area contributed by atoms with Crippen molar-refractivity contribution in [2.24, 2.45) is 17.8 Å². The van der Waals surface area contributed by atoms with Crippen molar-refractivity contribution < 1.29 is 8.78 Å². The van der Waals surface area contributed by atoms with Crippen LogP contribution >= 0.6 is 0 Å². The molecule has 5 heteroatoms. The lowest BCUT2D eigenvalue weighted by atomic mass is 9.63. The van der Waals surface area contributed by atoms with Gasteiger partial charge in [0.25, 0.3) is 0 Å². The number of pyridine rings is 2. The van der Waals surface area contributed by atoms with E-state index in [1.54, 1.807) is 6.20 Å². The molecule has 0 aliphatic heterocycles. The molecule has 3 aromatic rings. The number of nitrogens with zero attached hydrogens (tertiary/aromatic N) is 2. The molecule has 3 aliphatic carbocycles. The summed E-state index contributed by atoms with van der Waals surface area (Å²) in [6, 6.07) is 3.28. The molecule has 3 nitrogen and oxygen atoms in total. The fourth-order valence-electron chi connectivity index (χ4n) is 5.02. The molecule has 3 aromatic heterocycles. The first-order valence-electron chi connectivity index (χ1n) is 9.45. The maximum atomic E-state index is 14.4. The summed E-state index contributed by atoms with van der Waals surface area (Å²) in [5.41, 5.74) is 2.77. The normalized spacial score (nSPS) is 25.1. The Labute approximate surface area is 150 Å². The second-order valence-electron chi connectivity index (χ2n) is 7.89. The van der Waals surface area contributed by atoms with Gasteiger partial charge in [-0.05, 0) is 61.1 Å². The highest BCUT2D eigenvalue weighted by atomic mass is 19.1. The molecule has 134 valence electrons. The number of rotatable bonds is 3. The van der Waals surface area contributed by atoms with Crippen molar-refractivity contribution >= 4 is 11.0 Å². The van der Waals surface area contributed by atoms with Crippen molar-refractivity contribution in [2.45, 2.75) is 38.5 Å². The van der Waals surface area contributed by atoms with Gasteiger partial charge in [0.2, 0.25) is 0 Å². The van der Waals surface area contributed by atoms with Crippen LogP contribution in [0.15, 0.2) is 30.7 Å². The van der Waals surface area contributed by atoms with Crippen molar-refractivity contribution in [2.75, 3.05) is 0 Å². The van der Waals surface area contributed by atoms with E-state index in [1.165, 1.54) is 50.6 Å². The van der Waals surface area contributed by atoms with E-state index in [-0.39, 0.29) is 11.6 Å². The van der Waals surface area contributed by atoms with Gasteiger partial charge in [0.05, 0.1) is 18.1 Å². The van der Waals surface area contributed by atoms with Gasteiger partial charge >= 0.3 is 0 Å². The molecule has 0 aromatic carbocycles. The van der Waals surface area contributed by atoms with Gasteiger partial charge in [-0.3, -0.25) is 4.98 Å². The largest absolute Gasteiger partial charge is 0.345 e. The molecule has 1 N–H and O–H groups in total. The lowest BCUT2D eigenvalue weighted by molar-refractivity contribution is 0.0985. The number of halogens is 2.